The number of carbonyl (C=O) groups is 1. The van der Waals surface area contributed by atoms with Gasteiger partial charge in [-0.1, -0.05) is 36.7 Å². The molecule has 1 aromatic heterocycles. The van der Waals surface area contributed by atoms with Gasteiger partial charge >= 0.3 is 0 Å². The average Bonchev–Trinajstić information content (AvgIpc) is 3.30. The minimum Gasteiger partial charge on any atom is -0.493 e. The number of hydrogen-bond donors (Lipinski definition) is 1. The monoisotopic (exact) mass is 390 g/mol. The summed E-state index contributed by atoms with van der Waals surface area (Å²) < 4.78 is 13.2. The molecule has 0 bridgehead atoms. The highest BCUT2D eigenvalue weighted by molar-refractivity contribution is 7.99. The molecule has 27 heavy (non-hydrogen) atoms. The molecule has 146 valence electrons. The van der Waals surface area contributed by atoms with Crippen molar-refractivity contribution in [3.8, 4) is 11.5 Å². The number of carbonyl (C=O) groups excluding carboxylic acids is 1. The molecule has 7 nitrogen and oxygen atoms in total. The van der Waals surface area contributed by atoms with Crippen LogP contribution in [0.25, 0.3) is 0 Å². The number of amides is 1. The lowest BCUT2D eigenvalue weighted by molar-refractivity contribution is -0.119. The molecular weight excluding hydrogens is 364 g/mol. The van der Waals surface area contributed by atoms with Crippen molar-refractivity contribution >= 4 is 17.7 Å². The van der Waals surface area contributed by atoms with Gasteiger partial charge in [-0.25, -0.2) is 0 Å². The molecule has 1 fully saturated rings. The Morgan fingerprint density at radius 2 is 2.00 bits per heavy atom. The highest BCUT2D eigenvalue weighted by Crippen LogP contribution is 2.30. The lowest BCUT2D eigenvalue weighted by atomic mass is 10.2. The summed E-state index contributed by atoms with van der Waals surface area (Å²) in [5.74, 6) is 2.41. The zero-order chi connectivity index (χ0) is 19.2. The van der Waals surface area contributed by atoms with E-state index in [1.54, 1.807) is 7.11 Å². The van der Waals surface area contributed by atoms with E-state index in [0.717, 1.165) is 12.8 Å². The van der Waals surface area contributed by atoms with E-state index in [2.05, 4.69) is 15.5 Å². The third-order valence-electron chi connectivity index (χ3n) is 4.66. The van der Waals surface area contributed by atoms with Crippen molar-refractivity contribution in [2.24, 2.45) is 7.05 Å². The van der Waals surface area contributed by atoms with Crippen LogP contribution < -0.4 is 14.8 Å². The Morgan fingerprint density at radius 1 is 1.30 bits per heavy atom. The fraction of sp³-hybridized carbons (Fsp3) is 0.526. The zero-order valence-corrected chi connectivity index (χ0v) is 16.8. The SMILES string of the molecule is COc1ccccc1OC(C)c1nnc(SCC(=O)NC2CCCC2)n1C. The van der Waals surface area contributed by atoms with E-state index in [9.17, 15) is 4.79 Å². The van der Waals surface area contributed by atoms with E-state index in [1.165, 1.54) is 24.6 Å². The standard InChI is InChI=1S/C19H26N4O3S/c1-13(26-16-11-7-6-10-15(16)25-3)18-21-22-19(23(18)2)27-12-17(24)20-14-8-4-5-9-14/h6-7,10-11,13-14H,4-5,8-9,12H2,1-3H3,(H,20,24). The van der Waals surface area contributed by atoms with E-state index in [4.69, 9.17) is 9.47 Å². The van der Waals surface area contributed by atoms with Crippen molar-refractivity contribution in [2.75, 3.05) is 12.9 Å². The van der Waals surface area contributed by atoms with Gasteiger partial charge in [0.1, 0.15) is 0 Å². The van der Waals surface area contributed by atoms with E-state index in [1.807, 2.05) is 42.8 Å². The molecule has 8 heteroatoms. The Hall–Kier alpha value is -2.22. The summed E-state index contributed by atoms with van der Waals surface area (Å²) in [6.45, 7) is 1.91. The summed E-state index contributed by atoms with van der Waals surface area (Å²) in [5.41, 5.74) is 0. The van der Waals surface area contributed by atoms with Crippen LogP contribution in [0, 0.1) is 0 Å². The number of benzene rings is 1. The van der Waals surface area contributed by atoms with Gasteiger partial charge in [-0.3, -0.25) is 4.79 Å². The second-order valence-electron chi connectivity index (χ2n) is 6.65. The van der Waals surface area contributed by atoms with Gasteiger partial charge in [0.05, 0.1) is 12.9 Å². The molecule has 1 saturated carbocycles. The van der Waals surface area contributed by atoms with Crippen LogP contribution in [0.4, 0.5) is 0 Å². The molecule has 1 N–H and O–H groups in total. The van der Waals surface area contributed by atoms with E-state index >= 15 is 0 Å². The smallest absolute Gasteiger partial charge is 0.230 e. The number of methoxy groups -OCH3 is 1. The predicted octanol–water partition coefficient (Wildman–Crippen LogP) is 3.11. The molecule has 1 aliphatic carbocycles. The molecule has 3 rings (SSSR count). The van der Waals surface area contributed by atoms with Gasteiger partial charge in [-0.15, -0.1) is 10.2 Å². The zero-order valence-electron chi connectivity index (χ0n) is 16.0. The minimum absolute atomic E-state index is 0.0507. The summed E-state index contributed by atoms with van der Waals surface area (Å²) in [6, 6.07) is 7.83. The molecule has 1 heterocycles. The fourth-order valence-electron chi connectivity index (χ4n) is 3.23. The van der Waals surface area contributed by atoms with Crippen LogP contribution in [-0.2, 0) is 11.8 Å². The van der Waals surface area contributed by atoms with Gasteiger partial charge in [0, 0.05) is 13.1 Å². The van der Waals surface area contributed by atoms with Crippen molar-refractivity contribution < 1.29 is 14.3 Å². The van der Waals surface area contributed by atoms with Crippen molar-refractivity contribution in [3.05, 3.63) is 30.1 Å². The Morgan fingerprint density at radius 3 is 2.70 bits per heavy atom. The summed E-state index contributed by atoms with van der Waals surface area (Å²) in [6.07, 6.45) is 4.27. The Balaban J connectivity index is 1.58. The second-order valence-corrected chi connectivity index (χ2v) is 7.59. The largest absolute Gasteiger partial charge is 0.493 e. The first-order chi connectivity index (χ1) is 13.1. The summed E-state index contributed by atoms with van der Waals surface area (Å²) in [7, 11) is 3.50. The highest BCUT2D eigenvalue weighted by Gasteiger charge is 2.20. The van der Waals surface area contributed by atoms with Crippen LogP contribution in [0.2, 0.25) is 0 Å². The van der Waals surface area contributed by atoms with E-state index in [-0.39, 0.29) is 12.0 Å². The van der Waals surface area contributed by atoms with Crippen LogP contribution in [0.1, 0.15) is 44.5 Å². The normalized spacial score (nSPS) is 15.5. The summed E-state index contributed by atoms with van der Waals surface area (Å²) >= 11 is 1.39. The van der Waals surface area contributed by atoms with Crippen molar-refractivity contribution in [2.45, 2.75) is 49.9 Å². The quantitative estimate of drug-likeness (QED) is 0.698. The third kappa shape index (κ3) is 4.94. The first-order valence-electron chi connectivity index (χ1n) is 9.19. The maximum absolute atomic E-state index is 12.1. The topological polar surface area (TPSA) is 78.3 Å². The van der Waals surface area contributed by atoms with Gasteiger partial charge in [-0.05, 0) is 31.9 Å². The Kier molecular flexibility index (Phi) is 6.60. The molecule has 0 saturated heterocycles. The summed E-state index contributed by atoms with van der Waals surface area (Å²) in [5, 5.41) is 12.2. The van der Waals surface area contributed by atoms with Crippen molar-refractivity contribution in [1.82, 2.24) is 20.1 Å². The summed E-state index contributed by atoms with van der Waals surface area (Å²) in [4.78, 5) is 12.1. The number of nitrogens with zero attached hydrogens (tertiary/aromatic N) is 3. The van der Waals surface area contributed by atoms with E-state index < -0.39 is 0 Å². The number of nitrogens with one attached hydrogen (secondary N) is 1. The van der Waals surface area contributed by atoms with Crippen LogP contribution in [0.5, 0.6) is 11.5 Å². The van der Waals surface area contributed by atoms with Crippen molar-refractivity contribution in [1.29, 1.82) is 0 Å². The molecule has 0 radical (unpaired) electrons. The molecule has 1 aromatic carbocycles. The minimum atomic E-state index is -0.305. The average molecular weight is 391 g/mol. The number of rotatable bonds is 8. The number of thioether (sulfide) groups is 1. The van der Waals surface area contributed by atoms with Gasteiger partial charge in [0.15, 0.2) is 28.6 Å². The lowest BCUT2D eigenvalue weighted by Crippen LogP contribution is -2.33. The molecular formula is C19H26N4O3S. The van der Waals surface area contributed by atoms with Crippen LogP contribution in [0.3, 0.4) is 0 Å². The molecule has 1 aliphatic rings. The molecule has 0 aliphatic heterocycles. The van der Waals surface area contributed by atoms with Gasteiger partial charge in [-0.2, -0.15) is 0 Å². The molecule has 0 spiro atoms. The second kappa shape index (κ2) is 9.12. The van der Waals surface area contributed by atoms with Gasteiger partial charge < -0.3 is 19.4 Å². The number of para-hydroxylation sites is 2. The predicted molar refractivity (Wildman–Crippen MR) is 104 cm³/mol. The lowest BCUT2D eigenvalue weighted by Gasteiger charge is -2.16. The number of hydrogen-bond acceptors (Lipinski definition) is 6. The third-order valence-corrected chi connectivity index (χ3v) is 5.68. The highest BCUT2D eigenvalue weighted by atomic mass is 32.2. The number of ether oxygens (including phenoxy) is 2. The fourth-order valence-corrected chi connectivity index (χ4v) is 3.96. The van der Waals surface area contributed by atoms with Crippen LogP contribution in [0.15, 0.2) is 29.4 Å². The molecule has 2 aromatic rings. The Labute approximate surface area is 163 Å². The van der Waals surface area contributed by atoms with Crippen LogP contribution in [-0.4, -0.2) is 39.6 Å². The first-order valence-corrected chi connectivity index (χ1v) is 10.2. The van der Waals surface area contributed by atoms with Gasteiger partial charge in [0.2, 0.25) is 5.91 Å². The van der Waals surface area contributed by atoms with Gasteiger partial charge in [0.25, 0.3) is 0 Å². The maximum Gasteiger partial charge on any atom is 0.230 e. The molecule has 1 amide bonds. The van der Waals surface area contributed by atoms with E-state index in [0.29, 0.717) is 34.3 Å². The Bertz CT molecular complexity index is 774. The van der Waals surface area contributed by atoms with Crippen molar-refractivity contribution in [3.63, 3.8) is 0 Å². The first kappa shape index (κ1) is 19.5. The van der Waals surface area contributed by atoms with Crippen LogP contribution >= 0.6 is 11.8 Å². The molecule has 1 atom stereocenters. The maximum atomic E-state index is 12.1. The molecule has 1 unspecified atom stereocenters. The number of aromatic nitrogens is 3.